The van der Waals surface area contributed by atoms with Crippen LogP contribution in [0.1, 0.15) is 58.3 Å². The summed E-state index contributed by atoms with van der Waals surface area (Å²) in [7, 11) is 1.66. The van der Waals surface area contributed by atoms with E-state index in [4.69, 9.17) is 0 Å². The van der Waals surface area contributed by atoms with Crippen LogP contribution in [-0.4, -0.2) is 35.3 Å². The number of carbonyl (C=O) groups excluding carboxylic acids is 1. The van der Waals surface area contributed by atoms with Gasteiger partial charge >= 0.3 is 0 Å². The van der Waals surface area contributed by atoms with Crippen molar-refractivity contribution >= 4 is 11.6 Å². The average molecular weight is 375 g/mol. The van der Waals surface area contributed by atoms with E-state index in [2.05, 4.69) is 22.2 Å². The lowest BCUT2D eigenvalue weighted by Gasteiger charge is -2.28. The van der Waals surface area contributed by atoms with Crippen LogP contribution >= 0.6 is 0 Å². The highest BCUT2D eigenvalue weighted by Gasteiger charge is 2.28. The van der Waals surface area contributed by atoms with Crippen LogP contribution in [0.3, 0.4) is 0 Å². The van der Waals surface area contributed by atoms with E-state index in [1.807, 2.05) is 0 Å². The lowest BCUT2D eigenvalue weighted by molar-refractivity contribution is -0.126. The Labute approximate surface area is 162 Å². The molecule has 6 heteroatoms. The largest absolute Gasteiger partial charge is 0.370 e. The van der Waals surface area contributed by atoms with Crippen molar-refractivity contribution in [1.29, 1.82) is 0 Å². The lowest BCUT2D eigenvalue weighted by atomic mass is 9.79. The highest BCUT2D eigenvalue weighted by Crippen LogP contribution is 2.32. The fraction of sp³-hybridized carbons (Fsp3) is 0.762. The summed E-state index contributed by atoms with van der Waals surface area (Å²) in [5.41, 5.74) is 0.802. The first-order valence-corrected chi connectivity index (χ1v) is 10.6. The molecule has 27 heavy (non-hydrogen) atoms. The average Bonchev–Trinajstić information content (AvgIpc) is 3.16. The van der Waals surface area contributed by atoms with Crippen LogP contribution in [0, 0.1) is 17.8 Å². The molecule has 2 fully saturated rings. The molecule has 1 atom stereocenters. The van der Waals surface area contributed by atoms with E-state index in [0.29, 0.717) is 5.92 Å². The summed E-state index contributed by atoms with van der Waals surface area (Å²) < 4.78 is 1.34. The molecule has 0 bridgehead atoms. The molecule has 6 nitrogen and oxygen atoms in total. The number of hydrogen-bond donors (Lipinski definition) is 1. The van der Waals surface area contributed by atoms with E-state index in [0.717, 1.165) is 50.5 Å². The molecule has 0 spiro atoms. The monoisotopic (exact) mass is 374 g/mol. The quantitative estimate of drug-likeness (QED) is 0.797. The Kier molecular flexibility index (Phi) is 6.91. The molecule has 0 unspecified atom stereocenters. The summed E-state index contributed by atoms with van der Waals surface area (Å²) in [5.74, 6) is 1.74. The third-order valence-corrected chi connectivity index (χ3v) is 6.35. The molecule has 2 heterocycles. The number of aryl methyl sites for hydroxylation is 1. The predicted octanol–water partition coefficient (Wildman–Crippen LogP) is 2.72. The fourth-order valence-corrected chi connectivity index (χ4v) is 4.46. The second kappa shape index (κ2) is 9.38. The van der Waals surface area contributed by atoms with Crippen LogP contribution in [0.2, 0.25) is 0 Å². The Morgan fingerprint density at radius 1 is 1.22 bits per heavy atom. The van der Waals surface area contributed by atoms with Crippen molar-refractivity contribution in [2.45, 2.75) is 58.3 Å². The van der Waals surface area contributed by atoms with Crippen molar-refractivity contribution in [2.75, 3.05) is 24.5 Å². The Morgan fingerprint density at radius 2 is 2.00 bits per heavy atom. The molecule has 1 saturated carbocycles. The molecule has 0 aromatic carbocycles. The van der Waals surface area contributed by atoms with Crippen molar-refractivity contribution in [2.24, 2.45) is 24.8 Å². The fourth-order valence-electron chi connectivity index (χ4n) is 4.46. The summed E-state index contributed by atoms with van der Waals surface area (Å²) in [6, 6.07) is 1.64. The molecular weight excluding hydrogens is 340 g/mol. The van der Waals surface area contributed by atoms with Gasteiger partial charge in [0.1, 0.15) is 0 Å². The zero-order valence-corrected chi connectivity index (χ0v) is 16.8. The zero-order chi connectivity index (χ0) is 19.2. The number of aromatic nitrogens is 2. The normalized spacial score (nSPS) is 25.6. The van der Waals surface area contributed by atoms with Gasteiger partial charge in [-0.3, -0.25) is 9.59 Å². The molecule has 150 valence electrons. The maximum absolute atomic E-state index is 12.5. The number of carbonyl (C=O) groups is 1. The van der Waals surface area contributed by atoms with Gasteiger partial charge in [0.25, 0.3) is 5.56 Å². The van der Waals surface area contributed by atoms with E-state index in [-0.39, 0.29) is 17.4 Å². The van der Waals surface area contributed by atoms with Crippen LogP contribution in [-0.2, 0) is 11.8 Å². The Morgan fingerprint density at radius 3 is 2.70 bits per heavy atom. The van der Waals surface area contributed by atoms with Crippen LogP contribution in [0.25, 0.3) is 0 Å². The number of nitrogens with one attached hydrogen (secondary N) is 1. The minimum absolute atomic E-state index is 0.0845. The Hall–Kier alpha value is -1.85. The maximum Gasteiger partial charge on any atom is 0.268 e. The smallest absolute Gasteiger partial charge is 0.268 e. The van der Waals surface area contributed by atoms with Gasteiger partial charge in [0, 0.05) is 38.7 Å². The van der Waals surface area contributed by atoms with E-state index in [9.17, 15) is 9.59 Å². The Bertz CT molecular complexity index is 679. The van der Waals surface area contributed by atoms with Gasteiger partial charge in [0.15, 0.2) is 0 Å². The minimum Gasteiger partial charge on any atom is -0.370 e. The number of anilines is 1. The number of rotatable bonds is 7. The highest BCUT2D eigenvalue weighted by atomic mass is 16.2. The van der Waals surface area contributed by atoms with Crippen molar-refractivity contribution in [3.8, 4) is 0 Å². The minimum atomic E-state index is -0.0845. The molecule has 1 aliphatic heterocycles. The van der Waals surface area contributed by atoms with Crippen LogP contribution in [0.4, 0.5) is 5.69 Å². The molecule has 1 aliphatic carbocycles. The molecule has 1 amide bonds. The van der Waals surface area contributed by atoms with E-state index in [1.165, 1.54) is 36.8 Å². The molecule has 1 N–H and O–H groups in total. The van der Waals surface area contributed by atoms with Gasteiger partial charge < -0.3 is 10.2 Å². The summed E-state index contributed by atoms with van der Waals surface area (Å²) in [6.07, 6.45) is 11.2. The second-order valence-corrected chi connectivity index (χ2v) is 8.38. The SMILES string of the molecule is CCCCC1CCC(C(=O)NC[C@@H]2CCN(c3cnn(C)c(=O)c3)C2)CC1. The van der Waals surface area contributed by atoms with Crippen molar-refractivity contribution < 1.29 is 4.79 Å². The number of unbranched alkanes of at least 4 members (excludes halogenated alkanes) is 1. The highest BCUT2D eigenvalue weighted by molar-refractivity contribution is 5.78. The van der Waals surface area contributed by atoms with E-state index < -0.39 is 0 Å². The van der Waals surface area contributed by atoms with Crippen molar-refractivity contribution in [1.82, 2.24) is 15.1 Å². The first-order valence-electron chi connectivity index (χ1n) is 10.6. The molecular formula is C21H34N4O2. The third-order valence-electron chi connectivity index (χ3n) is 6.35. The standard InChI is InChI=1S/C21H34N4O2/c1-3-4-5-16-6-8-18(9-7-16)21(27)22-13-17-10-11-25(15-17)19-12-20(26)24(2)23-14-19/h12,14,16-18H,3-11,13,15H2,1-2H3,(H,22,27)/t16?,17-,18?/m0/s1. The van der Waals surface area contributed by atoms with E-state index >= 15 is 0 Å². The first-order chi connectivity index (χ1) is 13.1. The molecule has 2 aliphatic rings. The van der Waals surface area contributed by atoms with Crippen molar-refractivity contribution in [3.63, 3.8) is 0 Å². The number of amides is 1. The molecule has 3 rings (SSSR count). The van der Waals surface area contributed by atoms with Gasteiger partial charge in [-0.2, -0.15) is 5.10 Å². The van der Waals surface area contributed by atoms with Crippen molar-refractivity contribution in [3.05, 3.63) is 22.6 Å². The second-order valence-electron chi connectivity index (χ2n) is 8.38. The van der Waals surface area contributed by atoms with Gasteiger partial charge in [0.2, 0.25) is 5.91 Å². The number of hydrogen-bond acceptors (Lipinski definition) is 4. The molecule has 0 radical (unpaired) electrons. The summed E-state index contributed by atoms with van der Waals surface area (Å²) in [5, 5.41) is 7.30. The van der Waals surface area contributed by atoms with Gasteiger partial charge in [0.05, 0.1) is 11.9 Å². The van der Waals surface area contributed by atoms with Crippen LogP contribution in [0.15, 0.2) is 17.1 Å². The maximum atomic E-state index is 12.5. The predicted molar refractivity (Wildman–Crippen MR) is 108 cm³/mol. The van der Waals surface area contributed by atoms with E-state index in [1.54, 1.807) is 19.3 Å². The van der Waals surface area contributed by atoms with Crippen LogP contribution in [0.5, 0.6) is 0 Å². The van der Waals surface area contributed by atoms with Gasteiger partial charge in [-0.05, 0) is 43.9 Å². The van der Waals surface area contributed by atoms with Gasteiger partial charge in [-0.25, -0.2) is 4.68 Å². The molecule has 1 aromatic rings. The Balaban J connectivity index is 1.40. The zero-order valence-electron chi connectivity index (χ0n) is 16.8. The van der Waals surface area contributed by atoms with Gasteiger partial charge in [-0.1, -0.05) is 26.2 Å². The number of nitrogens with zero attached hydrogens (tertiary/aromatic N) is 3. The first kappa shape index (κ1) is 19.9. The third kappa shape index (κ3) is 5.33. The summed E-state index contributed by atoms with van der Waals surface area (Å²) >= 11 is 0. The molecule has 1 saturated heterocycles. The molecule has 1 aromatic heterocycles. The van der Waals surface area contributed by atoms with Gasteiger partial charge in [-0.15, -0.1) is 0 Å². The summed E-state index contributed by atoms with van der Waals surface area (Å²) in [4.78, 5) is 26.5. The topological polar surface area (TPSA) is 67.2 Å². The summed E-state index contributed by atoms with van der Waals surface area (Å²) in [6.45, 7) is 4.78. The lowest BCUT2D eigenvalue weighted by Crippen LogP contribution is -2.37. The van der Waals surface area contributed by atoms with Crippen LogP contribution < -0.4 is 15.8 Å².